The standard InChI is InChI=1S/C17H22N4O3/c1-13-15(12-19-17(20-13)21-7-10-23-11-8-21)16(22)18-6-2-4-14-5-3-9-24-14/h3,5,9,12H,2,4,6-8,10-11H2,1H3,(H,18,22). The molecule has 0 bridgehead atoms. The fraction of sp³-hybridized carbons (Fsp3) is 0.471. The van der Waals surface area contributed by atoms with Crippen molar-refractivity contribution in [3.63, 3.8) is 0 Å². The highest BCUT2D eigenvalue weighted by Crippen LogP contribution is 2.13. The number of ether oxygens (including phenoxy) is 1. The summed E-state index contributed by atoms with van der Waals surface area (Å²) in [7, 11) is 0. The Bertz CT molecular complexity index is 666. The van der Waals surface area contributed by atoms with Gasteiger partial charge in [-0.3, -0.25) is 4.79 Å². The Labute approximate surface area is 141 Å². The smallest absolute Gasteiger partial charge is 0.254 e. The molecule has 0 aliphatic carbocycles. The Balaban J connectivity index is 1.52. The van der Waals surface area contributed by atoms with Gasteiger partial charge in [-0.05, 0) is 25.5 Å². The summed E-state index contributed by atoms with van der Waals surface area (Å²) in [5.41, 5.74) is 1.21. The number of morpholine rings is 1. The summed E-state index contributed by atoms with van der Waals surface area (Å²) in [5, 5.41) is 2.91. The van der Waals surface area contributed by atoms with E-state index in [1.807, 2.05) is 19.1 Å². The maximum absolute atomic E-state index is 12.3. The molecule has 1 fully saturated rings. The summed E-state index contributed by atoms with van der Waals surface area (Å²) in [6.07, 6.45) is 4.89. The molecule has 0 saturated carbocycles. The van der Waals surface area contributed by atoms with Crippen LogP contribution in [0.4, 0.5) is 5.95 Å². The summed E-state index contributed by atoms with van der Waals surface area (Å²) >= 11 is 0. The maximum Gasteiger partial charge on any atom is 0.254 e. The highest BCUT2D eigenvalue weighted by atomic mass is 16.5. The van der Waals surface area contributed by atoms with Crippen LogP contribution >= 0.6 is 0 Å². The van der Waals surface area contributed by atoms with Crippen LogP contribution in [0.2, 0.25) is 0 Å². The van der Waals surface area contributed by atoms with E-state index in [9.17, 15) is 4.79 Å². The third-order valence-corrected chi connectivity index (χ3v) is 3.97. The molecule has 1 saturated heterocycles. The van der Waals surface area contributed by atoms with Gasteiger partial charge < -0.3 is 19.4 Å². The fourth-order valence-electron chi connectivity index (χ4n) is 2.61. The van der Waals surface area contributed by atoms with E-state index >= 15 is 0 Å². The molecule has 2 aromatic rings. The lowest BCUT2D eigenvalue weighted by Gasteiger charge is -2.27. The highest BCUT2D eigenvalue weighted by molar-refractivity contribution is 5.94. The number of anilines is 1. The van der Waals surface area contributed by atoms with E-state index in [2.05, 4.69) is 20.2 Å². The average Bonchev–Trinajstić information content (AvgIpc) is 3.12. The van der Waals surface area contributed by atoms with Crippen molar-refractivity contribution >= 4 is 11.9 Å². The van der Waals surface area contributed by atoms with Gasteiger partial charge in [-0.1, -0.05) is 0 Å². The third-order valence-electron chi connectivity index (χ3n) is 3.97. The first kappa shape index (κ1) is 16.4. The Morgan fingerprint density at radius 3 is 2.92 bits per heavy atom. The number of carbonyl (C=O) groups is 1. The molecular formula is C17H22N4O3. The summed E-state index contributed by atoms with van der Waals surface area (Å²) in [6, 6.07) is 3.80. The average molecular weight is 330 g/mol. The molecule has 1 aliphatic rings. The summed E-state index contributed by atoms with van der Waals surface area (Å²) in [5.74, 6) is 1.45. The Hall–Kier alpha value is -2.41. The lowest BCUT2D eigenvalue weighted by molar-refractivity contribution is 0.0951. The minimum absolute atomic E-state index is 0.138. The monoisotopic (exact) mass is 330 g/mol. The van der Waals surface area contributed by atoms with Crippen LogP contribution in [0.3, 0.4) is 0 Å². The maximum atomic E-state index is 12.3. The Kier molecular flexibility index (Phi) is 5.43. The minimum atomic E-state index is -0.138. The van der Waals surface area contributed by atoms with Crippen molar-refractivity contribution in [2.75, 3.05) is 37.7 Å². The van der Waals surface area contributed by atoms with Crippen LogP contribution in [0.1, 0.15) is 28.2 Å². The topological polar surface area (TPSA) is 80.5 Å². The van der Waals surface area contributed by atoms with Crippen molar-refractivity contribution in [1.82, 2.24) is 15.3 Å². The molecule has 2 aromatic heterocycles. The molecule has 0 aromatic carbocycles. The van der Waals surface area contributed by atoms with Crippen LogP contribution in [-0.4, -0.2) is 48.7 Å². The zero-order valence-electron chi connectivity index (χ0n) is 13.8. The number of aryl methyl sites for hydroxylation is 2. The molecular weight excluding hydrogens is 308 g/mol. The minimum Gasteiger partial charge on any atom is -0.469 e. The van der Waals surface area contributed by atoms with Gasteiger partial charge in [0.05, 0.1) is 30.7 Å². The number of hydrogen-bond acceptors (Lipinski definition) is 6. The second kappa shape index (κ2) is 7.92. The van der Waals surface area contributed by atoms with E-state index in [0.29, 0.717) is 37.0 Å². The molecule has 1 N–H and O–H groups in total. The van der Waals surface area contributed by atoms with Gasteiger partial charge in [-0.2, -0.15) is 0 Å². The molecule has 1 aliphatic heterocycles. The summed E-state index contributed by atoms with van der Waals surface area (Å²) in [6.45, 7) is 5.34. The van der Waals surface area contributed by atoms with Gasteiger partial charge in [0.25, 0.3) is 5.91 Å². The predicted octanol–water partition coefficient (Wildman–Crippen LogP) is 1.58. The Morgan fingerprint density at radius 2 is 2.21 bits per heavy atom. The van der Waals surface area contributed by atoms with Crippen molar-refractivity contribution in [3.8, 4) is 0 Å². The van der Waals surface area contributed by atoms with Gasteiger partial charge in [0.2, 0.25) is 5.95 Å². The number of amides is 1. The fourth-order valence-corrected chi connectivity index (χ4v) is 2.61. The van der Waals surface area contributed by atoms with Crippen molar-refractivity contribution in [2.24, 2.45) is 0 Å². The zero-order valence-corrected chi connectivity index (χ0v) is 13.8. The second-order valence-electron chi connectivity index (χ2n) is 5.71. The van der Waals surface area contributed by atoms with Crippen molar-refractivity contribution in [1.29, 1.82) is 0 Å². The van der Waals surface area contributed by atoms with E-state index in [1.54, 1.807) is 12.5 Å². The second-order valence-corrected chi connectivity index (χ2v) is 5.71. The quantitative estimate of drug-likeness (QED) is 0.810. The number of rotatable bonds is 6. The summed E-state index contributed by atoms with van der Waals surface area (Å²) < 4.78 is 10.6. The first-order chi connectivity index (χ1) is 11.7. The largest absolute Gasteiger partial charge is 0.469 e. The number of nitrogens with zero attached hydrogens (tertiary/aromatic N) is 3. The lowest BCUT2D eigenvalue weighted by Crippen LogP contribution is -2.37. The van der Waals surface area contributed by atoms with Crippen LogP contribution in [0.15, 0.2) is 29.0 Å². The number of carbonyl (C=O) groups excluding carboxylic acids is 1. The first-order valence-corrected chi connectivity index (χ1v) is 8.21. The van der Waals surface area contributed by atoms with Crippen molar-refractivity contribution in [2.45, 2.75) is 19.8 Å². The first-order valence-electron chi connectivity index (χ1n) is 8.21. The molecule has 7 nitrogen and oxygen atoms in total. The van der Waals surface area contributed by atoms with Gasteiger partial charge in [-0.25, -0.2) is 9.97 Å². The molecule has 0 atom stereocenters. The van der Waals surface area contributed by atoms with Gasteiger partial charge in [0.1, 0.15) is 5.76 Å². The van der Waals surface area contributed by atoms with Crippen molar-refractivity contribution in [3.05, 3.63) is 41.6 Å². The Morgan fingerprint density at radius 1 is 1.38 bits per heavy atom. The van der Waals surface area contributed by atoms with E-state index in [-0.39, 0.29) is 5.91 Å². The number of nitrogens with one attached hydrogen (secondary N) is 1. The molecule has 0 unspecified atom stereocenters. The van der Waals surface area contributed by atoms with Gasteiger partial charge >= 0.3 is 0 Å². The predicted molar refractivity (Wildman–Crippen MR) is 89.2 cm³/mol. The molecule has 0 radical (unpaired) electrons. The molecule has 0 spiro atoms. The van der Waals surface area contributed by atoms with Crippen LogP contribution in [-0.2, 0) is 11.2 Å². The van der Waals surface area contributed by atoms with Gasteiger partial charge in [0.15, 0.2) is 0 Å². The normalized spacial score (nSPS) is 14.6. The SMILES string of the molecule is Cc1nc(N2CCOCC2)ncc1C(=O)NCCCc1ccco1. The highest BCUT2D eigenvalue weighted by Gasteiger charge is 2.17. The van der Waals surface area contributed by atoms with Gasteiger partial charge in [0, 0.05) is 32.3 Å². The van der Waals surface area contributed by atoms with Crippen LogP contribution in [0, 0.1) is 6.92 Å². The molecule has 1 amide bonds. The number of aromatic nitrogens is 2. The van der Waals surface area contributed by atoms with Crippen LogP contribution in [0.5, 0.6) is 0 Å². The number of furan rings is 1. The van der Waals surface area contributed by atoms with E-state index < -0.39 is 0 Å². The van der Waals surface area contributed by atoms with E-state index in [1.165, 1.54) is 0 Å². The molecule has 7 heteroatoms. The summed E-state index contributed by atoms with van der Waals surface area (Å²) in [4.78, 5) is 23.1. The molecule has 24 heavy (non-hydrogen) atoms. The van der Waals surface area contributed by atoms with Crippen molar-refractivity contribution < 1.29 is 13.9 Å². The van der Waals surface area contributed by atoms with Crippen LogP contribution in [0.25, 0.3) is 0 Å². The van der Waals surface area contributed by atoms with Gasteiger partial charge in [-0.15, -0.1) is 0 Å². The third kappa shape index (κ3) is 4.11. The lowest BCUT2D eigenvalue weighted by atomic mass is 10.2. The van der Waals surface area contributed by atoms with E-state index in [4.69, 9.17) is 9.15 Å². The number of hydrogen-bond donors (Lipinski definition) is 1. The van der Waals surface area contributed by atoms with E-state index in [0.717, 1.165) is 31.7 Å². The molecule has 3 heterocycles. The molecule has 128 valence electrons. The molecule has 3 rings (SSSR count). The zero-order chi connectivity index (χ0) is 16.8. The van der Waals surface area contributed by atoms with Crippen LogP contribution < -0.4 is 10.2 Å².